The Morgan fingerprint density at radius 1 is 1.46 bits per heavy atom. The lowest BCUT2D eigenvalue weighted by atomic mass is 10.2. The molecule has 0 fully saturated rings. The van der Waals surface area contributed by atoms with Crippen molar-refractivity contribution < 1.29 is 4.74 Å². The standard InChI is InChI=1S/C11H13BrO/c1-2-13-11-8-6-4-3-5-7-10(12)9-11/h2,5,7-9H,1,3-4,6H2/b7-5+,10-9?,11-8?. The smallest absolute Gasteiger partial charge is 0.123 e. The summed E-state index contributed by atoms with van der Waals surface area (Å²) >= 11 is 3.44. The van der Waals surface area contributed by atoms with Gasteiger partial charge < -0.3 is 4.74 Å². The van der Waals surface area contributed by atoms with Crippen LogP contribution in [0.4, 0.5) is 0 Å². The van der Waals surface area contributed by atoms with Crippen LogP contribution in [0.1, 0.15) is 19.3 Å². The predicted octanol–water partition coefficient (Wildman–Crippen LogP) is 4.05. The third-order valence-electron chi connectivity index (χ3n) is 1.70. The quantitative estimate of drug-likeness (QED) is 0.662. The molecule has 0 N–H and O–H groups in total. The summed E-state index contributed by atoms with van der Waals surface area (Å²) in [6.45, 7) is 3.53. The third-order valence-corrected chi connectivity index (χ3v) is 2.19. The average molecular weight is 241 g/mol. The number of ether oxygens (including phenoxy) is 1. The van der Waals surface area contributed by atoms with E-state index in [1.54, 1.807) is 0 Å². The van der Waals surface area contributed by atoms with Crippen molar-refractivity contribution in [1.29, 1.82) is 0 Å². The van der Waals surface area contributed by atoms with Gasteiger partial charge in [-0.2, -0.15) is 0 Å². The molecular formula is C11H13BrO. The van der Waals surface area contributed by atoms with Crippen molar-refractivity contribution in [3.05, 3.63) is 47.4 Å². The molecule has 0 aromatic heterocycles. The zero-order chi connectivity index (χ0) is 9.52. The summed E-state index contributed by atoms with van der Waals surface area (Å²) in [7, 11) is 0. The lowest BCUT2D eigenvalue weighted by Gasteiger charge is -2.00. The fourth-order valence-electron chi connectivity index (χ4n) is 1.10. The van der Waals surface area contributed by atoms with Gasteiger partial charge in [-0.1, -0.05) is 34.7 Å². The molecule has 1 nitrogen and oxygen atoms in total. The van der Waals surface area contributed by atoms with Crippen molar-refractivity contribution in [2.45, 2.75) is 19.3 Å². The lowest BCUT2D eigenvalue weighted by molar-refractivity contribution is 0.367. The van der Waals surface area contributed by atoms with Crippen LogP contribution in [0.2, 0.25) is 0 Å². The van der Waals surface area contributed by atoms with Crippen LogP contribution in [0.25, 0.3) is 0 Å². The third kappa shape index (κ3) is 4.13. The van der Waals surface area contributed by atoms with E-state index in [9.17, 15) is 0 Å². The van der Waals surface area contributed by atoms with E-state index < -0.39 is 0 Å². The van der Waals surface area contributed by atoms with Gasteiger partial charge in [-0.05, 0) is 31.4 Å². The van der Waals surface area contributed by atoms with E-state index in [0.29, 0.717) is 0 Å². The Labute approximate surface area is 87.6 Å². The second-order valence-corrected chi connectivity index (χ2v) is 3.67. The van der Waals surface area contributed by atoms with E-state index in [-0.39, 0.29) is 0 Å². The van der Waals surface area contributed by atoms with Gasteiger partial charge in [0.1, 0.15) is 5.76 Å². The van der Waals surface area contributed by atoms with Crippen molar-refractivity contribution in [2.75, 3.05) is 0 Å². The Bertz CT molecular complexity index is 261. The van der Waals surface area contributed by atoms with Gasteiger partial charge in [0.15, 0.2) is 0 Å². The number of allylic oxidation sites excluding steroid dienone is 5. The van der Waals surface area contributed by atoms with Gasteiger partial charge in [0.05, 0.1) is 6.26 Å². The highest BCUT2D eigenvalue weighted by atomic mass is 79.9. The summed E-state index contributed by atoms with van der Waals surface area (Å²) in [5, 5.41) is 0. The highest BCUT2D eigenvalue weighted by Gasteiger charge is 1.96. The van der Waals surface area contributed by atoms with Crippen LogP contribution in [0.15, 0.2) is 47.4 Å². The largest absolute Gasteiger partial charge is 0.466 e. The minimum absolute atomic E-state index is 0.855. The predicted molar refractivity (Wildman–Crippen MR) is 59.4 cm³/mol. The molecule has 0 aromatic rings. The summed E-state index contributed by atoms with van der Waals surface area (Å²) in [5.74, 6) is 0.855. The summed E-state index contributed by atoms with van der Waals surface area (Å²) in [4.78, 5) is 0. The van der Waals surface area contributed by atoms with Crippen LogP contribution in [-0.2, 0) is 4.74 Å². The molecule has 1 rings (SSSR count). The van der Waals surface area contributed by atoms with Crippen LogP contribution >= 0.6 is 15.9 Å². The molecule has 2 heteroatoms. The molecule has 1 aliphatic carbocycles. The van der Waals surface area contributed by atoms with Crippen LogP contribution < -0.4 is 0 Å². The summed E-state index contributed by atoms with van der Waals surface area (Å²) < 4.78 is 6.26. The minimum Gasteiger partial charge on any atom is -0.466 e. The first kappa shape index (κ1) is 10.3. The van der Waals surface area contributed by atoms with Gasteiger partial charge in [0.2, 0.25) is 0 Å². The van der Waals surface area contributed by atoms with E-state index in [1.165, 1.54) is 6.26 Å². The van der Waals surface area contributed by atoms with Crippen molar-refractivity contribution in [3.63, 3.8) is 0 Å². The molecule has 0 unspecified atom stereocenters. The number of hydrogen-bond acceptors (Lipinski definition) is 1. The molecule has 0 amide bonds. The molecule has 0 atom stereocenters. The summed E-state index contributed by atoms with van der Waals surface area (Å²) in [5.41, 5.74) is 0. The molecule has 0 saturated heterocycles. The van der Waals surface area contributed by atoms with Gasteiger partial charge in [0, 0.05) is 4.48 Å². The fourth-order valence-corrected chi connectivity index (χ4v) is 1.51. The van der Waals surface area contributed by atoms with Gasteiger partial charge in [-0.25, -0.2) is 0 Å². The molecule has 0 aliphatic heterocycles. The van der Waals surface area contributed by atoms with Gasteiger partial charge >= 0.3 is 0 Å². The van der Waals surface area contributed by atoms with Gasteiger partial charge in [-0.15, -0.1) is 0 Å². The first-order valence-electron chi connectivity index (χ1n) is 4.34. The molecule has 0 saturated carbocycles. The van der Waals surface area contributed by atoms with Crippen molar-refractivity contribution in [2.24, 2.45) is 0 Å². The molecule has 0 heterocycles. The molecule has 0 spiro atoms. The average Bonchev–Trinajstić information content (AvgIpc) is 2.18. The Morgan fingerprint density at radius 2 is 2.31 bits per heavy atom. The Kier molecular flexibility index (Phi) is 4.61. The maximum atomic E-state index is 5.23. The van der Waals surface area contributed by atoms with E-state index in [0.717, 1.165) is 29.5 Å². The van der Waals surface area contributed by atoms with Crippen LogP contribution in [0.5, 0.6) is 0 Å². The Balaban J connectivity index is 2.76. The number of hydrogen-bond donors (Lipinski definition) is 0. The maximum Gasteiger partial charge on any atom is 0.123 e. The number of rotatable bonds is 2. The normalized spacial score (nSPS) is 20.1. The highest BCUT2D eigenvalue weighted by Crippen LogP contribution is 2.16. The van der Waals surface area contributed by atoms with E-state index >= 15 is 0 Å². The molecule has 0 aromatic carbocycles. The molecular weight excluding hydrogens is 228 g/mol. The van der Waals surface area contributed by atoms with E-state index in [4.69, 9.17) is 4.74 Å². The zero-order valence-electron chi connectivity index (χ0n) is 7.50. The summed E-state index contributed by atoms with van der Waals surface area (Å²) in [6.07, 6.45) is 13.0. The topological polar surface area (TPSA) is 9.23 Å². The van der Waals surface area contributed by atoms with Crippen molar-refractivity contribution >= 4 is 15.9 Å². The molecule has 1 aliphatic rings. The van der Waals surface area contributed by atoms with Crippen LogP contribution in [0, 0.1) is 0 Å². The first-order valence-corrected chi connectivity index (χ1v) is 5.13. The lowest BCUT2D eigenvalue weighted by Crippen LogP contribution is -1.81. The monoisotopic (exact) mass is 240 g/mol. The van der Waals surface area contributed by atoms with E-state index in [1.807, 2.05) is 12.2 Å². The second-order valence-electron chi connectivity index (χ2n) is 2.75. The molecule has 70 valence electrons. The summed E-state index contributed by atoms with van der Waals surface area (Å²) in [6, 6.07) is 0. The van der Waals surface area contributed by atoms with Crippen molar-refractivity contribution in [3.8, 4) is 0 Å². The molecule has 0 radical (unpaired) electrons. The van der Waals surface area contributed by atoms with Crippen molar-refractivity contribution in [1.82, 2.24) is 0 Å². The van der Waals surface area contributed by atoms with E-state index in [2.05, 4.69) is 34.7 Å². The SMILES string of the molecule is C=COC1=CCCC/C=C/C(Br)=C1. The molecule has 13 heavy (non-hydrogen) atoms. The zero-order valence-corrected chi connectivity index (χ0v) is 9.09. The Hall–Kier alpha value is -0.760. The fraction of sp³-hybridized carbons (Fsp3) is 0.273. The molecule has 0 bridgehead atoms. The highest BCUT2D eigenvalue weighted by molar-refractivity contribution is 9.11. The van der Waals surface area contributed by atoms with Gasteiger partial charge in [-0.3, -0.25) is 0 Å². The van der Waals surface area contributed by atoms with Gasteiger partial charge in [0.25, 0.3) is 0 Å². The second kappa shape index (κ2) is 5.81. The minimum atomic E-state index is 0.855. The van der Waals surface area contributed by atoms with Crippen LogP contribution in [0.3, 0.4) is 0 Å². The van der Waals surface area contributed by atoms with Crippen LogP contribution in [-0.4, -0.2) is 0 Å². The Morgan fingerprint density at radius 3 is 3.08 bits per heavy atom. The number of halogens is 1. The maximum absolute atomic E-state index is 5.23. The first-order chi connectivity index (χ1) is 6.33.